The van der Waals surface area contributed by atoms with Crippen LogP contribution < -0.4 is 10.6 Å². The lowest BCUT2D eigenvalue weighted by Gasteiger charge is -2.36. The van der Waals surface area contributed by atoms with Gasteiger partial charge in [0.15, 0.2) is 0 Å². The van der Waals surface area contributed by atoms with E-state index in [-0.39, 0.29) is 23.8 Å². The first-order valence-electron chi connectivity index (χ1n) is 14.3. The second-order valence-corrected chi connectivity index (χ2v) is 11.8. The van der Waals surface area contributed by atoms with Crippen molar-refractivity contribution >= 4 is 40.4 Å². The Hall–Kier alpha value is -4.13. The maximum atomic E-state index is 14.4. The number of ether oxygens (including phenoxy) is 1. The van der Waals surface area contributed by atoms with Gasteiger partial charge in [0.05, 0.1) is 0 Å². The van der Waals surface area contributed by atoms with Gasteiger partial charge < -0.3 is 20.3 Å². The highest BCUT2D eigenvalue weighted by molar-refractivity contribution is 6.00. The first-order valence-corrected chi connectivity index (χ1v) is 14.3. The van der Waals surface area contributed by atoms with Crippen molar-refractivity contribution in [3.63, 3.8) is 0 Å². The van der Waals surface area contributed by atoms with E-state index in [0.29, 0.717) is 17.7 Å². The molecule has 1 aliphatic carbocycles. The summed E-state index contributed by atoms with van der Waals surface area (Å²) >= 11 is 0. The van der Waals surface area contributed by atoms with E-state index in [2.05, 4.69) is 17.2 Å². The van der Waals surface area contributed by atoms with Crippen molar-refractivity contribution in [3.8, 4) is 0 Å². The van der Waals surface area contributed by atoms with Gasteiger partial charge in [-0.25, -0.2) is 4.79 Å². The first kappa shape index (κ1) is 29.8. The summed E-state index contributed by atoms with van der Waals surface area (Å²) in [4.78, 5) is 43.0. The Bertz CT molecular complexity index is 1420. The van der Waals surface area contributed by atoms with Gasteiger partial charge in [0.1, 0.15) is 17.7 Å². The monoisotopic (exact) mass is 555 g/mol. The molecule has 0 aromatic heterocycles. The smallest absolute Gasteiger partial charge is 0.408 e. The van der Waals surface area contributed by atoms with Gasteiger partial charge in [-0.2, -0.15) is 0 Å². The van der Waals surface area contributed by atoms with E-state index in [1.165, 1.54) is 0 Å². The third-order valence-corrected chi connectivity index (χ3v) is 7.35. The number of benzene rings is 3. The number of nitrogens with zero attached hydrogens (tertiary/aromatic N) is 1. The van der Waals surface area contributed by atoms with Crippen LogP contribution >= 0.6 is 0 Å². The number of alkyl carbamates (subject to hydrolysis) is 1. The zero-order valence-electron chi connectivity index (χ0n) is 24.6. The predicted molar refractivity (Wildman–Crippen MR) is 164 cm³/mol. The van der Waals surface area contributed by atoms with Crippen LogP contribution in [0.15, 0.2) is 73.3 Å². The number of carbonyl (C=O) groups excluding carboxylic acids is 3. The van der Waals surface area contributed by atoms with Crippen LogP contribution in [0.4, 0.5) is 10.5 Å². The van der Waals surface area contributed by atoms with Gasteiger partial charge >= 0.3 is 6.09 Å². The van der Waals surface area contributed by atoms with E-state index < -0.39 is 23.8 Å². The fraction of sp³-hybridized carbons (Fsp3) is 0.382. The van der Waals surface area contributed by atoms with Crippen LogP contribution in [0.3, 0.4) is 0 Å². The molecule has 3 unspecified atom stereocenters. The number of hydrogen-bond acceptors (Lipinski definition) is 4. The lowest BCUT2D eigenvalue weighted by Crippen LogP contribution is -2.55. The molecule has 1 aliphatic rings. The average molecular weight is 556 g/mol. The van der Waals surface area contributed by atoms with Crippen LogP contribution in [0, 0.1) is 5.92 Å². The first-order chi connectivity index (χ1) is 19.5. The summed E-state index contributed by atoms with van der Waals surface area (Å²) < 4.78 is 5.49. The van der Waals surface area contributed by atoms with Crippen LogP contribution in [-0.4, -0.2) is 40.5 Å². The standard InChI is InChI=1S/C34H41N3O4/c1-7-22(3)29(36-33(40)41-34(4,5)6)32(39)37(28-18-19-28)30(26-15-11-12-23(8-2)20-26)31(38)35-27-17-16-24-13-9-10-14-25(24)21-27/h8-17,20-22,28-30H,2,7,18-19H2,1,3-6H3,(H,35,38)(H,36,40). The molecule has 3 atom stereocenters. The molecule has 3 aromatic rings. The third kappa shape index (κ3) is 7.54. The van der Waals surface area contributed by atoms with Crippen molar-refractivity contribution in [2.45, 2.75) is 77.6 Å². The average Bonchev–Trinajstić information content (AvgIpc) is 3.78. The second-order valence-electron chi connectivity index (χ2n) is 11.8. The molecule has 0 spiro atoms. The summed E-state index contributed by atoms with van der Waals surface area (Å²) in [5.74, 6) is -0.794. The van der Waals surface area contributed by atoms with Crippen LogP contribution in [0.25, 0.3) is 16.8 Å². The van der Waals surface area contributed by atoms with Crippen molar-refractivity contribution < 1.29 is 19.1 Å². The van der Waals surface area contributed by atoms with E-state index in [0.717, 1.165) is 29.2 Å². The Balaban J connectivity index is 1.72. The molecule has 0 bridgehead atoms. The summed E-state index contributed by atoms with van der Waals surface area (Å²) in [5.41, 5.74) is 1.46. The van der Waals surface area contributed by atoms with Crippen LogP contribution in [-0.2, 0) is 14.3 Å². The zero-order valence-corrected chi connectivity index (χ0v) is 24.6. The van der Waals surface area contributed by atoms with E-state index in [1.807, 2.05) is 80.6 Å². The van der Waals surface area contributed by atoms with E-state index >= 15 is 0 Å². The molecule has 0 aliphatic heterocycles. The van der Waals surface area contributed by atoms with Gasteiger partial charge in [-0.3, -0.25) is 9.59 Å². The van der Waals surface area contributed by atoms with Crippen molar-refractivity contribution in [1.29, 1.82) is 0 Å². The van der Waals surface area contributed by atoms with Crippen LogP contribution in [0.1, 0.15) is 71.0 Å². The maximum absolute atomic E-state index is 14.4. The van der Waals surface area contributed by atoms with Crippen molar-refractivity contribution in [3.05, 3.63) is 84.4 Å². The van der Waals surface area contributed by atoms with Crippen molar-refractivity contribution in [2.75, 3.05) is 5.32 Å². The summed E-state index contributed by atoms with van der Waals surface area (Å²) in [6, 6.07) is 19.3. The second kappa shape index (κ2) is 12.6. The minimum Gasteiger partial charge on any atom is -0.444 e. The molecule has 0 heterocycles. The maximum Gasteiger partial charge on any atom is 0.408 e. The van der Waals surface area contributed by atoms with Gasteiger partial charge in [0.25, 0.3) is 5.91 Å². The quantitative estimate of drug-likeness (QED) is 0.280. The van der Waals surface area contributed by atoms with E-state index in [4.69, 9.17) is 4.74 Å². The lowest BCUT2D eigenvalue weighted by atomic mass is 9.95. The van der Waals surface area contributed by atoms with Gasteiger partial charge in [0, 0.05) is 11.7 Å². The normalized spacial score (nSPS) is 15.3. The van der Waals surface area contributed by atoms with E-state index in [1.54, 1.807) is 31.7 Å². The number of anilines is 1. The summed E-state index contributed by atoms with van der Waals surface area (Å²) in [6.45, 7) is 13.1. The number of nitrogens with one attached hydrogen (secondary N) is 2. The molecule has 3 amide bonds. The third-order valence-electron chi connectivity index (χ3n) is 7.35. The number of rotatable bonds is 10. The zero-order chi connectivity index (χ0) is 29.7. The number of fused-ring (bicyclic) bond motifs is 1. The highest BCUT2D eigenvalue weighted by atomic mass is 16.6. The molecule has 7 nitrogen and oxygen atoms in total. The Kier molecular flexibility index (Phi) is 9.16. The van der Waals surface area contributed by atoms with Gasteiger partial charge in [-0.05, 0) is 79.6 Å². The summed E-state index contributed by atoms with van der Waals surface area (Å²) in [5, 5.41) is 7.97. The molecule has 7 heteroatoms. The highest BCUT2D eigenvalue weighted by Gasteiger charge is 2.45. The summed E-state index contributed by atoms with van der Waals surface area (Å²) in [6.07, 6.45) is 3.29. The molecular formula is C34H41N3O4. The number of carbonyl (C=O) groups is 3. The number of hydrogen-bond donors (Lipinski definition) is 2. The lowest BCUT2D eigenvalue weighted by molar-refractivity contribution is -0.142. The highest BCUT2D eigenvalue weighted by Crippen LogP contribution is 2.37. The molecule has 41 heavy (non-hydrogen) atoms. The molecule has 216 valence electrons. The SMILES string of the molecule is C=Cc1cccc(C(C(=O)Nc2ccc3ccccc3c2)N(C(=O)C(NC(=O)OC(C)(C)C)C(C)CC)C2CC2)c1. The predicted octanol–water partition coefficient (Wildman–Crippen LogP) is 7.09. The van der Waals surface area contributed by atoms with Crippen molar-refractivity contribution in [2.24, 2.45) is 5.92 Å². The molecule has 2 N–H and O–H groups in total. The molecule has 3 aromatic carbocycles. The van der Waals surface area contributed by atoms with Gasteiger partial charge in [-0.15, -0.1) is 0 Å². The molecule has 0 radical (unpaired) electrons. The summed E-state index contributed by atoms with van der Waals surface area (Å²) in [7, 11) is 0. The Morgan fingerprint density at radius 1 is 1.02 bits per heavy atom. The topological polar surface area (TPSA) is 87.7 Å². The van der Waals surface area contributed by atoms with Crippen molar-refractivity contribution in [1.82, 2.24) is 10.2 Å². The molecule has 1 saturated carbocycles. The van der Waals surface area contributed by atoms with Gasteiger partial charge in [-0.1, -0.05) is 81.5 Å². The molecule has 1 fully saturated rings. The van der Waals surface area contributed by atoms with Gasteiger partial charge in [0.2, 0.25) is 5.91 Å². The Labute approximate surface area is 243 Å². The molecule has 0 saturated heterocycles. The van der Waals surface area contributed by atoms with Crippen LogP contribution in [0.2, 0.25) is 0 Å². The minimum absolute atomic E-state index is 0.116. The fourth-order valence-corrected chi connectivity index (χ4v) is 4.92. The Morgan fingerprint density at radius 3 is 2.37 bits per heavy atom. The van der Waals surface area contributed by atoms with Crippen LogP contribution in [0.5, 0.6) is 0 Å². The fourth-order valence-electron chi connectivity index (χ4n) is 4.92. The Morgan fingerprint density at radius 2 is 1.73 bits per heavy atom. The van der Waals surface area contributed by atoms with E-state index in [9.17, 15) is 14.4 Å². The largest absolute Gasteiger partial charge is 0.444 e. The number of amides is 3. The molecule has 4 rings (SSSR count). The molecular weight excluding hydrogens is 514 g/mol. The minimum atomic E-state index is -0.909.